The number of carbonyl (C=O) groups excluding carboxylic acids is 1. The van der Waals surface area contributed by atoms with E-state index < -0.39 is 18.6 Å². The van der Waals surface area contributed by atoms with E-state index in [4.69, 9.17) is 25.5 Å². The van der Waals surface area contributed by atoms with Gasteiger partial charge in [0.2, 0.25) is 5.89 Å². The van der Waals surface area contributed by atoms with Gasteiger partial charge in [0.15, 0.2) is 0 Å². The van der Waals surface area contributed by atoms with E-state index in [1.54, 1.807) is 48.5 Å². The van der Waals surface area contributed by atoms with E-state index in [1.807, 2.05) is 38.1 Å². The Balaban J connectivity index is 1.36. The molecule has 0 saturated heterocycles. The third-order valence-corrected chi connectivity index (χ3v) is 5.93. The molecule has 4 rings (SSSR count). The fourth-order valence-electron chi connectivity index (χ4n) is 3.72. The van der Waals surface area contributed by atoms with E-state index in [2.05, 4.69) is 4.98 Å². The highest BCUT2D eigenvalue weighted by atomic mass is 35.5. The minimum Gasteiger partial charge on any atom is -0.493 e. The summed E-state index contributed by atoms with van der Waals surface area (Å²) in [7, 11) is 0. The molecule has 3 aromatic carbocycles. The van der Waals surface area contributed by atoms with Crippen LogP contribution in [0, 0.1) is 13.8 Å². The molecule has 196 valence electrons. The van der Waals surface area contributed by atoms with E-state index in [-0.39, 0.29) is 6.54 Å². The van der Waals surface area contributed by atoms with Gasteiger partial charge in [0.1, 0.15) is 23.8 Å². The molecule has 0 radical (unpaired) electrons. The number of rotatable bonds is 10. The molecular weight excluding hydrogens is 508 g/mol. The van der Waals surface area contributed by atoms with Crippen LogP contribution < -0.4 is 9.47 Å². The summed E-state index contributed by atoms with van der Waals surface area (Å²) in [4.78, 5) is 29.8. The monoisotopic (exact) mass is 534 g/mol. The standard InChI is InChI=1S/C29H27ClN2O6/c1-19-6-12-24(13-7-19)38-29(35)32(18-27(33)34)17-21-4-3-5-25(16-21)36-15-14-26-20(2)37-28(31-26)22-8-10-23(30)11-9-22/h3-13,16H,14-15,17-18H2,1-2H3,(H,33,34). The number of benzene rings is 3. The number of carboxylic acid groups (broad SMARTS) is 1. The number of hydrogen-bond acceptors (Lipinski definition) is 6. The molecule has 4 aromatic rings. The van der Waals surface area contributed by atoms with E-state index in [1.165, 1.54) is 0 Å². The van der Waals surface area contributed by atoms with Crippen molar-refractivity contribution in [2.75, 3.05) is 13.2 Å². The lowest BCUT2D eigenvalue weighted by Gasteiger charge is -2.20. The summed E-state index contributed by atoms with van der Waals surface area (Å²) in [6.07, 6.45) is -0.221. The molecule has 1 aromatic heterocycles. The molecule has 8 nitrogen and oxygen atoms in total. The van der Waals surface area contributed by atoms with Crippen molar-refractivity contribution in [2.24, 2.45) is 0 Å². The average Bonchev–Trinajstić information content (AvgIpc) is 3.25. The Hall–Kier alpha value is -4.30. The first kappa shape index (κ1) is 26.8. The quantitative estimate of drug-likeness (QED) is 0.254. The highest BCUT2D eigenvalue weighted by molar-refractivity contribution is 6.30. The first-order chi connectivity index (χ1) is 18.3. The zero-order valence-corrected chi connectivity index (χ0v) is 21.8. The summed E-state index contributed by atoms with van der Waals surface area (Å²) in [6.45, 7) is 3.67. The first-order valence-electron chi connectivity index (χ1n) is 12.0. The van der Waals surface area contributed by atoms with Crippen LogP contribution in [0.5, 0.6) is 11.5 Å². The molecule has 0 saturated carbocycles. The summed E-state index contributed by atoms with van der Waals surface area (Å²) < 4.78 is 17.1. The number of aromatic nitrogens is 1. The molecule has 0 bridgehead atoms. The van der Waals surface area contributed by atoms with Crippen LogP contribution in [0.4, 0.5) is 4.79 Å². The molecule has 0 aliphatic heterocycles. The Labute approximate surface area is 225 Å². The second-order valence-corrected chi connectivity index (χ2v) is 9.14. The smallest absolute Gasteiger partial charge is 0.416 e. The predicted molar refractivity (Wildman–Crippen MR) is 143 cm³/mol. The van der Waals surface area contributed by atoms with Crippen LogP contribution in [0.1, 0.15) is 22.6 Å². The molecule has 1 amide bonds. The first-order valence-corrected chi connectivity index (χ1v) is 12.3. The van der Waals surface area contributed by atoms with Gasteiger partial charge in [-0.2, -0.15) is 0 Å². The maximum Gasteiger partial charge on any atom is 0.416 e. The molecule has 0 aliphatic rings. The van der Waals surface area contributed by atoms with Gasteiger partial charge < -0.3 is 19.0 Å². The van der Waals surface area contributed by atoms with Crippen molar-refractivity contribution in [1.82, 2.24) is 9.88 Å². The Morgan fingerprint density at radius 2 is 1.74 bits per heavy atom. The molecular formula is C29H27ClN2O6. The van der Waals surface area contributed by atoms with E-state index >= 15 is 0 Å². The molecule has 1 heterocycles. The van der Waals surface area contributed by atoms with Crippen LogP contribution in [-0.4, -0.2) is 40.2 Å². The molecule has 0 unspecified atom stereocenters. The second-order valence-electron chi connectivity index (χ2n) is 8.71. The highest BCUT2D eigenvalue weighted by Crippen LogP contribution is 2.24. The summed E-state index contributed by atoms with van der Waals surface area (Å²) in [6, 6.07) is 21.4. The Kier molecular flexibility index (Phi) is 8.66. The van der Waals surface area contributed by atoms with Crippen molar-refractivity contribution in [3.05, 3.63) is 100 Å². The van der Waals surface area contributed by atoms with Gasteiger partial charge in [0.25, 0.3) is 0 Å². The van der Waals surface area contributed by atoms with Crippen molar-refractivity contribution in [3.8, 4) is 23.0 Å². The molecule has 38 heavy (non-hydrogen) atoms. The summed E-state index contributed by atoms with van der Waals surface area (Å²) in [5.41, 5.74) is 3.35. The molecule has 0 aliphatic carbocycles. The minimum absolute atomic E-state index is 0.0427. The number of carboxylic acids is 1. The number of carbonyl (C=O) groups is 2. The maximum atomic E-state index is 12.7. The summed E-state index contributed by atoms with van der Waals surface area (Å²) >= 11 is 5.96. The van der Waals surface area contributed by atoms with Gasteiger partial charge >= 0.3 is 12.1 Å². The molecule has 0 atom stereocenters. The van der Waals surface area contributed by atoms with Crippen molar-refractivity contribution >= 4 is 23.7 Å². The number of hydrogen-bond donors (Lipinski definition) is 1. The van der Waals surface area contributed by atoms with Crippen LogP contribution in [0.2, 0.25) is 5.02 Å². The van der Waals surface area contributed by atoms with Gasteiger partial charge in [-0.25, -0.2) is 9.78 Å². The maximum absolute atomic E-state index is 12.7. The fraction of sp³-hybridized carbons (Fsp3) is 0.207. The summed E-state index contributed by atoms with van der Waals surface area (Å²) in [5, 5.41) is 9.95. The molecule has 1 N–H and O–H groups in total. The van der Waals surface area contributed by atoms with E-state index in [9.17, 15) is 14.7 Å². The molecule has 9 heteroatoms. The van der Waals surface area contributed by atoms with E-state index in [0.29, 0.717) is 46.8 Å². The lowest BCUT2D eigenvalue weighted by atomic mass is 10.2. The third kappa shape index (κ3) is 7.36. The number of aryl methyl sites for hydroxylation is 2. The number of oxazole rings is 1. The van der Waals surface area contributed by atoms with Crippen molar-refractivity contribution < 1.29 is 28.6 Å². The normalized spacial score (nSPS) is 10.7. The zero-order valence-electron chi connectivity index (χ0n) is 21.0. The van der Waals surface area contributed by atoms with Gasteiger partial charge in [0, 0.05) is 23.6 Å². The predicted octanol–water partition coefficient (Wildman–Crippen LogP) is 6.32. The van der Waals surface area contributed by atoms with Gasteiger partial charge in [-0.05, 0) is 67.9 Å². The topological polar surface area (TPSA) is 102 Å². The lowest BCUT2D eigenvalue weighted by Crippen LogP contribution is -2.37. The second kappa shape index (κ2) is 12.3. The van der Waals surface area contributed by atoms with Gasteiger partial charge in [-0.3, -0.25) is 9.69 Å². The fourth-order valence-corrected chi connectivity index (χ4v) is 3.84. The zero-order chi connectivity index (χ0) is 27.1. The Morgan fingerprint density at radius 3 is 2.45 bits per heavy atom. The number of amides is 1. The van der Waals surface area contributed by atoms with Gasteiger partial charge in [-0.1, -0.05) is 41.4 Å². The number of nitrogens with zero attached hydrogens (tertiary/aromatic N) is 2. The molecule has 0 spiro atoms. The Morgan fingerprint density at radius 1 is 1.00 bits per heavy atom. The largest absolute Gasteiger partial charge is 0.493 e. The molecule has 0 fully saturated rings. The van der Waals surface area contributed by atoms with Crippen LogP contribution in [0.15, 0.2) is 77.2 Å². The van der Waals surface area contributed by atoms with Crippen LogP contribution in [0.3, 0.4) is 0 Å². The van der Waals surface area contributed by atoms with Crippen LogP contribution in [-0.2, 0) is 17.8 Å². The van der Waals surface area contributed by atoms with Gasteiger partial charge in [0.05, 0.1) is 12.3 Å². The SMILES string of the molecule is Cc1ccc(OC(=O)N(CC(=O)O)Cc2cccc(OCCc3nc(-c4ccc(Cl)cc4)oc3C)c2)cc1. The Bertz CT molecular complexity index is 1400. The van der Waals surface area contributed by atoms with Crippen LogP contribution >= 0.6 is 11.6 Å². The number of ether oxygens (including phenoxy) is 2. The van der Waals surface area contributed by atoms with Gasteiger partial charge in [-0.15, -0.1) is 0 Å². The van der Waals surface area contributed by atoms with Crippen molar-refractivity contribution in [1.29, 1.82) is 0 Å². The minimum atomic E-state index is -1.14. The van der Waals surface area contributed by atoms with E-state index in [0.717, 1.165) is 21.7 Å². The van der Waals surface area contributed by atoms with Crippen molar-refractivity contribution in [3.63, 3.8) is 0 Å². The number of aliphatic carboxylic acids is 1. The third-order valence-electron chi connectivity index (χ3n) is 5.67. The average molecular weight is 535 g/mol. The van der Waals surface area contributed by atoms with Crippen molar-refractivity contribution in [2.45, 2.75) is 26.8 Å². The number of halogens is 1. The summed E-state index contributed by atoms with van der Waals surface area (Å²) in [5.74, 6) is 1.02. The lowest BCUT2D eigenvalue weighted by molar-refractivity contribution is -0.138. The highest BCUT2D eigenvalue weighted by Gasteiger charge is 2.20. The van der Waals surface area contributed by atoms with Crippen LogP contribution in [0.25, 0.3) is 11.5 Å².